The zero-order valence-corrected chi connectivity index (χ0v) is 14.6. The molecule has 1 aromatic heterocycles. The van der Waals surface area contributed by atoms with Crippen LogP contribution in [0.2, 0.25) is 0 Å². The second kappa shape index (κ2) is 7.78. The Morgan fingerprint density at radius 3 is 2.40 bits per heavy atom. The lowest BCUT2D eigenvalue weighted by Gasteiger charge is -2.14. The van der Waals surface area contributed by atoms with Gasteiger partial charge in [-0.2, -0.15) is 4.98 Å². The summed E-state index contributed by atoms with van der Waals surface area (Å²) in [7, 11) is 0. The number of likely N-dealkylation sites (tertiary alicyclic amines) is 1. The summed E-state index contributed by atoms with van der Waals surface area (Å²) in [5.41, 5.74) is 8.60. The van der Waals surface area contributed by atoms with Gasteiger partial charge in [0.15, 0.2) is 0 Å². The van der Waals surface area contributed by atoms with Crippen molar-refractivity contribution in [3.8, 4) is 11.4 Å². The fourth-order valence-electron chi connectivity index (χ4n) is 3.31. The van der Waals surface area contributed by atoms with E-state index in [1.807, 2.05) is 36.4 Å². The molecule has 1 saturated heterocycles. The minimum atomic E-state index is 0. The van der Waals surface area contributed by atoms with E-state index in [2.05, 4.69) is 39.3 Å². The first-order chi connectivity index (χ1) is 11.8. The molecular weight excluding hydrogens is 336 g/mol. The van der Waals surface area contributed by atoms with Gasteiger partial charge >= 0.3 is 0 Å². The molecule has 2 heterocycles. The fraction of sp³-hybridized carbons (Fsp3) is 0.263. The van der Waals surface area contributed by atoms with Crippen LogP contribution in [-0.4, -0.2) is 34.2 Å². The van der Waals surface area contributed by atoms with Crippen molar-refractivity contribution in [1.29, 1.82) is 0 Å². The third kappa shape index (κ3) is 3.90. The molecule has 6 heteroatoms. The van der Waals surface area contributed by atoms with Gasteiger partial charge < -0.3 is 10.3 Å². The number of nitrogens with zero attached hydrogens (tertiary/aromatic N) is 3. The molecule has 0 amide bonds. The summed E-state index contributed by atoms with van der Waals surface area (Å²) >= 11 is 0. The molecule has 0 spiro atoms. The van der Waals surface area contributed by atoms with Crippen LogP contribution < -0.4 is 5.73 Å². The summed E-state index contributed by atoms with van der Waals surface area (Å²) < 4.78 is 5.41. The lowest BCUT2D eigenvalue weighted by molar-refractivity contribution is 0.264. The maximum Gasteiger partial charge on any atom is 0.241 e. The first-order valence-corrected chi connectivity index (χ1v) is 8.20. The van der Waals surface area contributed by atoms with E-state index < -0.39 is 0 Å². The molecule has 0 unspecified atom stereocenters. The van der Waals surface area contributed by atoms with E-state index in [1.165, 1.54) is 5.56 Å². The van der Waals surface area contributed by atoms with Gasteiger partial charge in [-0.05, 0) is 5.56 Å². The molecule has 0 radical (unpaired) electrons. The van der Waals surface area contributed by atoms with Crippen LogP contribution in [0, 0.1) is 0 Å². The molecule has 2 aromatic carbocycles. The summed E-state index contributed by atoms with van der Waals surface area (Å²) in [6, 6.07) is 20.4. The molecule has 0 aliphatic carbocycles. The van der Waals surface area contributed by atoms with Gasteiger partial charge in [-0.3, -0.25) is 4.90 Å². The van der Waals surface area contributed by atoms with E-state index in [9.17, 15) is 0 Å². The van der Waals surface area contributed by atoms with Crippen LogP contribution in [0.4, 0.5) is 0 Å². The standard InChI is InChI=1S/C19H20N4O.ClH/c20-17-12-23(11-16(17)14-7-3-1-4-8-14)13-18-21-19(22-24-18)15-9-5-2-6-10-15;/h1-10,16-17H,11-13,20H2;1H/t16-,17+;/m0./s1. The van der Waals surface area contributed by atoms with Crippen molar-refractivity contribution in [2.24, 2.45) is 5.73 Å². The lowest BCUT2D eigenvalue weighted by Crippen LogP contribution is -2.28. The molecule has 2 atom stereocenters. The third-order valence-electron chi connectivity index (χ3n) is 4.53. The zero-order chi connectivity index (χ0) is 16.4. The van der Waals surface area contributed by atoms with Crippen LogP contribution in [0.1, 0.15) is 17.4 Å². The van der Waals surface area contributed by atoms with E-state index in [0.29, 0.717) is 24.2 Å². The number of benzene rings is 2. The second-order valence-electron chi connectivity index (χ2n) is 6.25. The number of halogens is 1. The van der Waals surface area contributed by atoms with Crippen molar-refractivity contribution in [3.63, 3.8) is 0 Å². The van der Waals surface area contributed by atoms with Crippen LogP contribution in [-0.2, 0) is 6.54 Å². The van der Waals surface area contributed by atoms with Gasteiger partial charge in [-0.1, -0.05) is 65.8 Å². The molecule has 130 valence electrons. The quantitative estimate of drug-likeness (QED) is 0.778. The van der Waals surface area contributed by atoms with Crippen LogP contribution in [0.15, 0.2) is 65.2 Å². The molecular formula is C19H21ClN4O. The van der Waals surface area contributed by atoms with Crippen LogP contribution in [0.3, 0.4) is 0 Å². The highest BCUT2D eigenvalue weighted by Crippen LogP contribution is 2.27. The first-order valence-electron chi connectivity index (χ1n) is 8.20. The van der Waals surface area contributed by atoms with Crippen molar-refractivity contribution in [2.75, 3.05) is 13.1 Å². The molecule has 3 aromatic rings. The monoisotopic (exact) mass is 356 g/mol. The minimum Gasteiger partial charge on any atom is -0.338 e. The highest BCUT2D eigenvalue weighted by Gasteiger charge is 2.31. The van der Waals surface area contributed by atoms with Gasteiger partial charge in [-0.15, -0.1) is 12.4 Å². The Kier molecular flexibility index (Phi) is 5.48. The predicted molar refractivity (Wildman–Crippen MR) is 99.4 cm³/mol. The molecule has 0 saturated carbocycles. The molecule has 4 rings (SSSR count). The number of hydrogen-bond acceptors (Lipinski definition) is 5. The van der Waals surface area contributed by atoms with E-state index >= 15 is 0 Å². The fourth-order valence-corrected chi connectivity index (χ4v) is 3.31. The maximum atomic E-state index is 6.34. The predicted octanol–water partition coefficient (Wildman–Crippen LogP) is 3.09. The molecule has 5 nitrogen and oxygen atoms in total. The maximum absolute atomic E-state index is 6.34. The third-order valence-corrected chi connectivity index (χ3v) is 4.53. The Bertz CT molecular complexity index is 793. The largest absolute Gasteiger partial charge is 0.338 e. The van der Waals surface area contributed by atoms with Gasteiger partial charge in [0.1, 0.15) is 0 Å². The van der Waals surface area contributed by atoms with Gasteiger partial charge in [0.05, 0.1) is 6.54 Å². The van der Waals surface area contributed by atoms with E-state index in [-0.39, 0.29) is 18.4 Å². The van der Waals surface area contributed by atoms with Crippen LogP contribution in [0.25, 0.3) is 11.4 Å². The van der Waals surface area contributed by atoms with Gasteiger partial charge in [-0.25, -0.2) is 0 Å². The molecule has 25 heavy (non-hydrogen) atoms. The highest BCUT2D eigenvalue weighted by atomic mass is 35.5. The van der Waals surface area contributed by atoms with Crippen molar-refractivity contribution >= 4 is 12.4 Å². The highest BCUT2D eigenvalue weighted by molar-refractivity contribution is 5.85. The number of aromatic nitrogens is 2. The molecule has 1 aliphatic rings. The Labute approximate surface area is 153 Å². The van der Waals surface area contributed by atoms with Crippen molar-refractivity contribution in [3.05, 3.63) is 72.1 Å². The number of hydrogen-bond donors (Lipinski definition) is 1. The lowest BCUT2D eigenvalue weighted by atomic mass is 9.95. The zero-order valence-electron chi connectivity index (χ0n) is 13.8. The summed E-state index contributed by atoms with van der Waals surface area (Å²) in [6.07, 6.45) is 0. The van der Waals surface area contributed by atoms with Crippen molar-refractivity contribution in [1.82, 2.24) is 15.0 Å². The topological polar surface area (TPSA) is 68.2 Å². The Morgan fingerprint density at radius 1 is 1.00 bits per heavy atom. The van der Waals surface area contributed by atoms with Crippen molar-refractivity contribution in [2.45, 2.75) is 18.5 Å². The minimum absolute atomic E-state index is 0. The summed E-state index contributed by atoms with van der Waals surface area (Å²) in [6.45, 7) is 2.38. The molecule has 1 aliphatic heterocycles. The van der Waals surface area contributed by atoms with E-state index in [4.69, 9.17) is 10.3 Å². The SMILES string of the molecule is Cl.N[C@@H]1CN(Cc2nc(-c3ccccc3)no2)C[C@H]1c1ccccc1. The summed E-state index contributed by atoms with van der Waals surface area (Å²) in [4.78, 5) is 6.79. The number of rotatable bonds is 4. The summed E-state index contributed by atoms with van der Waals surface area (Å²) in [5, 5.41) is 4.08. The normalized spacial score (nSPS) is 20.4. The smallest absolute Gasteiger partial charge is 0.241 e. The first kappa shape index (κ1) is 17.6. The van der Waals surface area contributed by atoms with E-state index in [0.717, 1.165) is 18.7 Å². The average molecular weight is 357 g/mol. The number of nitrogens with two attached hydrogens (primary N) is 1. The van der Waals surface area contributed by atoms with Gasteiger partial charge in [0.25, 0.3) is 0 Å². The van der Waals surface area contributed by atoms with E-state index in [1.54, 1.807) is 0 Å². The molecule has 2 N–H and O–H groups in total. The molecule has 1 fully saturated rings. The average Bonchev–Trinajstić information content (AvgIpc) is 3.23. The van der Waals surface area contributed by atoms with Gasteiger partial charge in [0.2, 0.25) is 11.7 Å². The second-order valence-corrected chi connectivity index (χ2v) is 6.25. The van der Waals surface area contributed by atoms with Crippen LogP contribution in [0.5, 0.6) is 0 Å². The Balaban J connectivity index is 0.00000182. The van der Waals surface area contributed by atoms with Crippen LogP contribution >= 0.6 is 12.4 Å². The Morgan fingerprint density at radius 2 is 1.68 bits per heavy atom. The van der Waals surface area contributed by atoms with Crippen molar-refractivity contribution < 1.29 is 4.52 Å². The molecule has 0 bridgehead atoms. The van der Waals surface area contributed by atoms with Gasteiger partial charge in [0, 0.05) is 30.6 Å². The Hall–Kier alpha value is -2.21. The summed E-state index contributed by atoms with van der Waals surface area (Å²) in [5.74, 6) is 1.62.